The van der Waals surface area contributed by atoms with E-state index >= 15 is 0 Å². The van der Waals surface area contributed by atoms with Crippen molar-refractivity contribution in [3.8, 4) is 0 Å². The average Bonchev–Trinajstić information content (AvgIpc) is 3.05. The summed E-state index contributed by atoms with van der Waals surface area (Å²) in [7, 11) is 0. The lowest BCUT2D eigenvalue weighted by atomic mass is 9.89. The number of esters is 1. The van der Waals surface area contributed by atoms with E-state index in [1.54, 1.807) is 6.92 Å². The maximum absolute atomic E-state index is 12.1. The second kappa shape index (κ2) is 7.55. The molecule has 25 heavy (non-hydrogen) atoms. The SMILES string of the molecule is Cc1occc1C(=O)OCC(=O)N[C@H](C)c1ccc2c(c1)CCCC2. The lowest BCUT2D eigenvalue weighted by Crippen LogP contribution is -2.31. The van der Waals surface area contributed by atoms with E-state index in [9.17, 15) is 9.59 Å². The zero-order valence-corrected chi connectivity index (χ0v) is 14.6. The molecule has 5 heteroatoms. The molecule has 2 aromatic rings. The number of hydrogen-bond donors (Lipinski definition) is 1. The van der Waals surface area contributed by atoms with Crippen molar-refractivity contribution in [1.29, 1.82) is 0 Å². The molecule has 1 atom stereocenters. The summed E-state index contributed by atoms with van der Waals surface area (Å²) in [6.07, 6.45) is 6.14. The predicted octanol–water partition coefficient (Wildman–Crippen LogP) is 3.50. The number of fused-ring (bicyclic) bond motifs is 1. The smallest absolute Gasteiger partial charge is 0.342 e. The molecule has 0 fully saturated rings. The highest BCUT2D eigenvalue weighted by Gasteiger charge is 2.17. The minimum absolute atomic E-state index is 0.130. The van der Waals surface area contributed by atoms with Crippen LogP contribution < -0.4 is 5.32 Å². The fourth-order valence-corrected chi connectivity index (χ4v) is 3.19. The van der Waals surface area contributed by atoms with Crippen LogP contribution in [-0.4, -0.2) is 18.5 Å². The highest BCUT2D eigenvalue weighted by Crippen LogP contribution is 2.24. The molecule has 0 aliphatic heterocycles. The first-order valence-corrected chi connectivity index (χ1v) is 8.67. The van der Waals surface area contributed by atoms with Gasteiger partial charge in [0.25, 0.3) is 5.91 Å². The van der Waals surface area contributed by atoms with Crippen LogP contribution >= 0.6 is 0 Å². The molecule has 1 aliphatic carbocycles. The second-order valence-corrected chi connectivity index (χ2v) is 6.49. The van der Waals surface area contributed by atoms with Gasteiger partial charge in [0, 0.05) is 0 Å². The fourth-order valence-electron chi connectivity index (χ4n) is 3.19. The molecule has 0 radical (unpaired) electrons. The van der Waals surface area contributed by atoms with Gasteiger partial charge in [-0.15, -0.1) is 0 Å². The van der Waals surface area contributed by atoms with Gasteiger partial charge < -0.3 is 14.5 Å². The van der Waals surface area contributed by atoms with Gasteiger partial charge >= 0.3 is 5.97 Å². The summed E-state index contributed by atoms with van der Waals surface area (Å²) in [5, 5.41) is 2.88. The molecule has 0 spiro atoms. The zero-order chi connectivity index (χ0) is 17.8. The van der Waals surface area contributed by atoms with Crippen LogP contribution in [0, 0.1) is 6.92 Å². The molecule has 5 nitrogen and oxygen atoms in total. The van der Waals surface area contributed by atoms with Crippen molar-refractivity contribution in [2.75, 3.05) is 6.61 Å². The van der Waals surface area contributed by atoms with Crippen molar-refractivity contribution >= 4 is 11.9 Å². The number of amides is 1. The number of nitrogens with one attached hydrogen (secondary N) is 1. The summed E-state index contributed by atoms with van der Waals surface area (Å²) in [6.45, 7) is 3.30. The monoisotopic (exact) mass is 341 g/mol. The molecular formula is C20H23NO4. The van der Waals surface area contributed by atoms with Gasteiger partial charge in [0.05, 0.1) is 12.3 Å². The summed E-state index contributed by atoms with van der Waals surface area (Å²) >= 11 is 0. The van der Waals surface area contributed by atoms with Crippen molar-refractivity contribution in [3.05, 3.63) is 58.5 Å². The molecule has 1 amide bonds. The molecule has 1 heterocycles. The third kappa shape index (κ3) is 4.10. The van der Waals surface area contributed by atoms with E-state index in [1.165, 1.54) is 36.3 Å². The third-order valence-corrected chi connectivity index (χ3v) is 4.66. The van der Waals surface area contributed by atoms with E-state index in [4.69, 9.17) is 9.15 Å². The highest BCUT2D eigenvalue weighted by molar-refractivity contribution is 5.92. The first-order chi connectivity index (χ1) is 12.0. The Morgan fingerprint density at radius 2 is 1.96 bits per heavy atom. The molecule has 1 aromatic carbocycles. The number of carbonyl (C=O) groups excluding carboxylic acids is 2. The lowest BCUT2D eigenvalue weighted by Gasteiger charge is -2.20. The van der Waals surface area contributed by atoms with Gasteiger partial charge in [-0.05, 0) is 62.3 Å². The molecule has 1 aliphatic rings. The number of carbonyl (C=O) groups is 2. The Labute approximate surface area is 147 Å². The van der Waals surface area contributed by atoms with E-state index in [2.05, 4.69) is 23.5 Å². The van der Waals surface area contributed by atoms with Crippen LogP contribution in [0.5, 0.6) is 0 Å². The first-order valence-electron chi connectivity index (χ1n) is 8.67. The molecule has 132 valence electrons. The summed E-state index contributed by atoms with van der Waals surface area (Å²) in [4.78, 5) is 23.9. The second-order valence-electron chi connectivity index (χ2n) is 6.49. The van der Waals surface area contributed by atoms with Crippen LogP contribution in [0.25, 0.3) is 0 Å². The van der Waals surface area contributed by atoms with E-state index in [1.807, 2.05) is 6.92 Å². The standard InChI is InChI=1S/C20H23NO4/c1-13(16-8-7-15-5-3-4-6-17(15)11-16)21-19(22)12-25-20(23)18-9-10-24-14(18)2/h7-11,13H,3-6,12H2,1-2H3,(H,21,22)/t13-/m1/s1. The van der Waals surface area contributed by atoms with Crippen molar-refractivity contribution in [2.45, 2.75) is 45.6 Å². The van der Waals surface area contributed by atoms with Crippen molar-refractivity contribution in [1.82, 2.24) is 5.32 Å². The third-order valence-electron chi connectivity index (χ3n) is 4.66. The number of aryl methyl sites for hydroxylation is 3. The Kier molecular flexibility index (Phi) is 5.22. The Morgan fingerprint density at radius 1 is 1.20 bits per heavy atom. The fraction of sp³-hybridized carbons (Fsp3) is 0.400. The number of benzene rings is 1. The zero-order valence-electron chi connectivity index (χ0n) is 14.6. The van der Waals surface area contributed by atoms with Gasteiger partial charge in [0.1, 0.15) is 11.3 Å². The van der Waals surface area contributed by atoms with Crippen molar-refractivity contribution in [3.63, 3.8) is 0 Å². The Morgan fingerprint density at radius 3 is 2.68 bits per heavy atom. The lowest BCUT2D eigenvalue weighted by molar-refractivity contribution is -0.124. The van der Waals surface area contributed by atoms with Crippen LogP contribution in [-0.2, 0) is 22.4 Å². The quantitative estimate of drug-likeness (QED) is 0.845. The van der Waals surface area contributed by atoms with Gasteiger partial charge in [-0.3, -0.25) is 4.79 Å². The molecule has 1 N–H and O–H groups in total. The largest absolute Gasteiger partial charge is 0.469 e. The van der Waals surface area contributed by atoms with Crippen LogP contribution in [0.2, 0.25) is 0 Å². The first kappa shape index (κ1) is 17.3. The van der Waals surface area contributed by atoms with E-state index < -0.39 is 5.97 Å². The molecule has 0 unspecified atom stereocenters. The van der Waals surface area contributed by atoms with Crippen LogP contribution in [0.4, 0.5) is 0 Å². The van der Waals surface area contributed by atoms with Gasteiger partial charge in [-0.25, -0.2) is 4.79 Å². The summed E-state index contributed by atoms with van der Waals surface area (Å²) in [5.41, 5.74) is 4.21. The summed E-state index contributed by atoms with van der Waals surface area (Å²) < 4.78 is 10.1. The predicted molar refractivity (Wildman–Crippen MR) is 93.4 cm³/mol. The molecule has 0 saturated heterocycles. The van der Waals surface area contributed by atoms with Gasteiger partial charge in [0.2, 0.25) is 0 Å². The number of hydrogen-bond acceptors (Lipinski definition) is 4. The van der Waals surface area contributed by atoms with Crippen molar-refractivity contribution < 1.29 is 18.7 Å². The summed E-state index contributed by atoms with van der Waals surface area (Å²) in [6, 6.07) is 7.81. The number of furan rings is 1. The number of ether oxygens (including phenoxy) is 1. The van der Waals surface area contributed by atoms with Gasteiger partial charge in [-0.1, -0.05) is 18.2 Å². The molecule has 0 bridgehead atoms. The van der Waals surface area contributed by atoms with Crippen molar-refractivity contribution in [2.24, 2.45) is 0 Å². The average molecular weight is 341 g/mol. The summed E-state index contributed by atoms with van der Waals surface area (Å²) in [5.74, 6) is -0.393. The maximum atomic E-state index is 12.1. The highest BCUT2D eigenvalue weighted by atomic mass is 16.5. The van der Waals surface area contributed by atoms with E-state index in [0.29, 0.717) is 11.3 Å². The van der Waals surface area contributed by atoms with E-state index in [-0.39, 0.29) is 18.6 Å². The van der Waals surface area contributed by atoms with E-state index in [0.717, 1.165) is 18.4 Å². The minimum Gasteiger partial charge on any atom is -0.469 e. The topological polar surface area (TPSA) is 68.5 Å². The normalized spacial score (nSPS) is 14.5. The van der Waals surface area contributed by atoms with Gasteiger partial charge in [0.15, 0.2) is 6.61 Å². The van der Waals surface area contributed by atoms with Gasteiger partial charge in [-0.2, -0.15) is 0 Å². The maximum Gasteiger partial charge on any atom is 0.342 e. The minimum atomic E-state index is -0.553. The van der Waals surface area contributed by atoms with Crippen LogP contribution in [0.3, 0.4) is 0 Å². The number of rotatable bonds is 5. The Hall–Kier alpha value is -2.56. The molecular weight excluding hydrogens is 318 g/mol. The molecule has 0 saturated carbocycles. The molecule has 1 aromatic heterocycles. The Bertz CT molecular complexity index is 778. The van der Waals surface area contributed by atoms with Crippen LogP contribution in [0.1, 0.15) is 58.6 Å². The Balaban J connectivity index is 1.54. The van der Waals surface area contributed by atoms with Crippen LogP contribution in [0.15, 0.2) is 34.9 Å². The molecule has 3 rings (SSSR count).